The van der Waals surface area contributed by atoms with Gasteiger partial charge in [0.1, 0.15) is 5.82 Å². The van der Waals surface area contributed by atoms with Crippen LogP contribution in [0.2, 0.25) is 0 Å². The summed E-state index contributed by atoms with van der Waals surface area (Å²) in [6.45, 7) is 6.61. The molecule has 1 aromatic heterocycles. The lowest BCUT2D eigenvalue weighted by Crippen LogP contribution is -2.29. The van der Waals surface area contributed by atoms with E-state index < -0.39 is 0 Å². The average Bonchev–Trinajstić information content (AvgIpc) is 3.03. The molecule has 0 saturated heterocycles. The van der Waals surface area contributed by atoms with E-state index in [1.807, 2.05) is 0 Å². The third kappa shape index (κ3) is 2.27. The molecule has 2 fully saturated rings. The molecule has 1 N–H and O–H groups in total. The monoisotopic (exact) mass is 265 g/mol. The zero-order valence-corrected chi connectivity index (χ0v) is 12.3. The second kappa shape index (κ2) is 4.80. The molecule has 4 heteroatoms. The smallest absolute Gasteiger partial charge is 0.202 e. The molecule has 4 unspecified atom stereocenters. The quantitative estimate of drug-likeness (QED) is 0.897. The van der Waals surface area contributed by atoms with Crippen molar-refractivity contribution in [3.63, 3.8) is 0 Å². The van der Waals surface area contributed by atoms with Gasteiger partial charge in [0.25, 0.3) is 0 Å². The van der Waals surface area contributed by atoms with E-state index in [0.29, 0.717) is 12.0 Å². The van der Waals surface area contributed by atoms with Gasteiger partial charge in [-0.1, -0.05) is 20.3 Å². The number of anilines is 1. The topological polar surface area (TPSA) is 37.8 Å². The van der Waals surface area contributed by atoms with Gasteiger partial charge in [0.15, 0.2) is 0 Å². The minimum Gasteiger partial charge on any atom is -0.358 e. The van der Waals surface area contributed by atoms with Crippen LogP contribution >= 0.6 is 11.5 Å². The standard InChI is InChI=1S/C14H23N3S/c1-8(2)13-16-14(18-17-13)15-9(3)12-7-10-4-5-11(12)6-10/h8-12H,4-7H2,1-3H3,(H,15,16,17). The van der Waals surface area contributed by atoms with Gasteiger partial charge in [0.05, 0.1) is 0 Å². The molecule has 3 rings (SSSR count). The number of fused-ring (bicyclic) bond motifs is 2. The van der Waals surface area contributed by atoms with Gasteiger partial charge < -0.3 is 5.32 Å². The van der Waals surface area contributed by atoms with E-state index >= 15 is 0 Å². The molecule has 0 aliphatic heterocycles. The van der Waals surface area contributed by atoms with E-state index in [2.05, 4.69) is 35.4 Å². The summed E-state index contributed by atoms with van der Waals surface area (Å²) in [5.74, 6) is 4.24. The maximum absolute atomic E-state index is 4.58. The summed E-state index contributed by atoms with van der Waals surface area (Å²) in [5.41, 5.74) is 0. The summed E-state index contributed by atoms with van der Waals surface area (Å²) < 4.78 is 4.41. The van der Waals surface area contributed by atoms with Gasteiger partial charge in [0, 0.05) is 23.5 Å². The molecule has 0 spiro atoms. The second-order valence-electron chi connectivity index (χ2n) is 6.38. The van der Waals surface area contributed by atoms with Crippen molar-refractivity contribution in [2.45, 2.75) is 58.4 Å². The minimum absolute atomic E-state index is 0.426. The first-order valence-corrected chi connectivity index (χ1v) is 8.01. The number of rotatable bonds is 4. The fourth-order valence-electron chi connectivity index (χ4n) is 3.74. The summed E-state index contributed by atoms with van der Waals surface area (Å²) in [6, 6.07) is 0.549. The van der Waals surface area contributed by atoms with Crippen LogP contribution in [0.1, 0.15) is 58.2 Å². The summed E-state index contributed by atoms with van der Waals surface area (Å²) in [6.07, 6.45) is 5.83. The average molecular weight is 265 g/mol. The Bertz CT molecular complexity index is 415. The van der Waals surface area contributed by atoms with Crippen LogP contribution in [0.15, 0.2) is 0 Å². The van der Waals surface area contributed by atoms with Crippen molar-refractivity contribution in [2.75, 3.05) is 5.32 Å². The fraction of sp³-hybridized carbons (Fsp3) is 0.857. The van der Waals surface area contributed by atoms with Crippen LogP contribution in [0.25, 0.3) is 0 Å². The maximum Gasteiger partial charge on any atom is 0.202 e. The second-order valence-corrected chi connectivity index (χ2v) is 7.14. The Balaban J connectivity index is 1.61. The van der Waals surface area contributed by atoms with Gasteiger partial charge in [-0.05, 0) is 43.9 Å². The Labute approximate surface area is 114 Å². The number of nitrogens with one attached hydrogen (secondary N) is 1. The molecule has 2 aliphatic rings. The number of hydrogen-bond donors (Lipinski definition) is 1. The lowest BCUT2D eigenvalue weighted by atomic mass is 9.84. The Kier molecular flexibility index (Phi) is 3.31. The first-order valence-electron chi connectivity index (χ1n) is 7.23. The molecule has 1 aromatic rings. The lowest BCUT2D eigenvalue weighted by Gasteiger charge is -2.28. The van der Waals surface area contributed by atoms with Gasteiger partial charge >= 0.3 is 0 Å². The highest BCUT2D eigenvalue weighted by Crippen LogP contribution is 2.49. The third-order valence-corrected chi connectivity index (χ3v) is 5.40. The number of hydrogen-bond acceptors (Lipinski definition) is 4. The van der Waals surface area contributed by atoms with Gasteiger partial charge in [0.2, 0.25) is 5.13 Å². The molecule has 0 radical (unpaired) electrons. The van der Waals surface area contributed by atoms with E-state index in [1.165, 1.54) is 37.2 Å². The molecule has 0 aromatic carbocycles. The highest BCUT2D eigenvalue weighted by molar-refractivity contribution is 7.09. The zero-order chi connectivity index (χ0) is 12.7. The third-order valence-electron chi connectivity index (χ3n) is 4.74. The molecule has 3 nitrogen and oxygen atoms in total. The molecule has 1 heterocycles. The minimum atomic E-state index is 0.426. The molecule has 4 atom stereocenters. The predicted molar refractivity (Wildman–Crippen MR) is 76.0 cm³/mol. The Morgan fingerprint density at radius 3 is 2.61 bits per heavy atom. The van der Waals surface area contributed by atoms with E-state index in [4.69, 9.17) is 0 Å². The van der Waals surface area contributed by atoms with Crippen LogP contribution in [-0.4, -0.2) is 15.4 Å². The fourth-order valence-corrected chi connectivity index (χ4v) is 4.54. The van der Waals surface area contributed by atoms with Gasteiger partial charge in [-0.3, -0.25) is 0 Å². The van der Waals surface area contributed by atoms with Crippen LogP contribution in [0.5, 0.6) is 0 Å². The van der Waals surface area contributed by atoms with Crippen molar-refractivity contribution in [1.82, 2.24) is 9.36 Å². The molecule has 0 amide bonds. The van der Waals surface area contributed by atoms with Crippen LogP contribution < -0.4 is 5.32 Å². The van der Waals surface area contributed by atoms with Crippen molar-refractivity contribution in [2.24, 2.45) is 17.8 Å². The van der Waals surface area contributed by atoms with Crippen LogP contribution in [-0.2, 0) is 0 Å². The predicted octanol–water partition coefficient (Wildman–Crippen LogP) is 3.90. The zero-order valence-electron chi connectivity index (χ0n) is 11.5. The summed E-state index contributed by atoms with van der Waals surface area (Å²) in [4.78, 5) is 4.58. The largest absolute Gasteiger partial charge is 0.358 e. The van der Waals surface area contributed by atoms with Gasteiger partial charge in [-0.25, -0.2) is 4.98 Å². The maximum atomic E-state index is 4.58. The van der Waals surface area contributed by atoms with E-state index in [9.17, 15) is 0 Å². The van der Waals surface area contributed by atoms with E-state index in [1.54, 1.807) is 0 Å². The molecule has 18 heavy (non-hydrogen) atoms. The van der Waals surface area contributed by atoms with Gasteiger partial charge in [-0.15, -0.1) is 0 Å². The van der Waals surface area contributed by atoms with Gasteiger partial charge in [-0.2, -0.15) is 4.37 Å². The Morgan fingerprint density at radius 2 is 2.06 bits per heavy atom. The SMILES string of the molecule is CC(C)c1nsc(NC(C)C2CC3CCC2C3)n1. The van der Waals surface area contributed by atoms with Crippen molar-refractivity contribution < 1.29 is 0 Å². The van der Waals surface area contributed by atoms with Crippen LogP contribution in [0.4, 0.5) is 5.13 Å². The van der Waals surface area contributed by atoms with E-state index in [-0.39, 0.29) is 0 Å². The van der Waals surface area contributed by atoms with Crippen LogP contribution in [0, 0.1) is 17.8 Å². The highest BCUT2D eigenvalue weighted by Gasteiger charge is 2.41. The summed E-state index contributed by atoms with van der Waals surface area (Å²) in [5, 5.41) is 4.60. The number of aromatic nitrogens is 2. The van der Waals surface area contributed by atoms with Crippen molar-refractivity contribution >= 4 is 16.7 Å². The Morgan fingerprint density at radius 1 is 1.22 bits per heavy atom. The van der Waals surface area contributed by atoms with Crippen LogP contribution in [0.3, 0.4) is 0 Å². The molecule has 2 saturated carbocycles. The molecule has 2 aliphatic carbocycles. The highest BCUT2D eigenvalue weighted by atomic mass is 32.1. The Hall–Kier alpha value is -0.640. The van der Waals surface area contributed by atoms with E-state index in [0.717, 1.165) is 28.7 Å². The molecular weight excluding hydrogens is 242 g/mol. The molecule has 100 valence electrons. The van der Waals surface area contributed by atoms with Crippen molar-refractivity contribution in [3.8, 4) is 0 Å². The normalized spacial score (nSPS) is 32.1. The number of nitrogens with zero attached hydrogens (tertiary/aromatic N) is 2. The van der Waals surface area contributed by atoms with Crippen molar-refractivity contribution in [1.29, 1.82) is 0 Å². The lowest BCUT2D eigenvalue weighted by molar-refractivity contribution is 0.304. The first-order chi connectivity index (χ1) is 8.63. The molecular formula is C14H23N3S. The first kappa shape index (κ1) is 12.4. The summed E-state index contributed by atoms with van der Waals surface area (Å²) in [7, 11) is 0. The van der Waals surface area contributed by atoms with Crippen molar-refractivity contribution in [3.05, 3.63) is 5.82 Å². The molecule has 2 bridgehead atoms. The summed E-state index contributed by atoms with van der Waals surface area (Å²) >= 11 is 1.51.